The number of hydrogen-bond acceptors (Lipinski definition) is 4. The van der Waals surface area contributed by atoms with E-state index in [1.54, 1.807) is 4.68 Å². The van der Waals surface area contributed by atoms with E-state index in [2.05, 4.69) is 45.5 Å². The molecule has 1 N–H and O–H groups in total. The van der Waals surface area contributed by atoms with Crippen LogP contribution in [0.2, 0.25) is 0 Å². The molecular weight excluding hydrogens is 338 g/mol. The number of carbonyl (C=O) groups is 1. The third-order valence-corrected chi connectivity index (χ3v) is 5.95. The summed E-state index contributed by atoms with van der Waals surface area (Å²) in [6.07, 6.45) is 7.68. The molecule has 1 aliphatic carbocycles. The van der Waals surface area contributed by atoms with Crippen LogP contribution in [0, 0.1) is 11.3 Å². The van der Waals surface area contributed by atoms with E-state index in [9.17, 15) is 4.79 Å². The predicted octanol–water partition coefficient (Wildman–Crippen LogP) is 2.92. The van der Waals surface area contributed by atoms with E-state index in [1.807, 2.05) is 31.7 Å². The normalized spacial score (nSPS) is 19.0. The number of aromatic nitrogens is 3. The van der Waals surface area contributed by atoms with Crippen molar-refractivity contribution in [2.24, 2.45) is 18.4 Å². The fourth-order valence-electron chi connectivity index (χ4n) is 4.72. The number of aryl methyl sites for hydroxylation is 1. The topological polar surface area (TPSA) is 63.1 Å². The van der Waals surface area contributed by atoms with Gasteiger partial charge in [0, 0.05) is 49.4 Å². The van der Waals surface area contributed by atoms with Crippen LogP contribution in [0.5, 0.6) is 0 Å². The second-order valence-corrected chi connectivity index (χ2v) is 8.30. The molecule has 2 aromatic heterocycles. The van der Waals surface area contributed by atoms with Gasteiger partial charge in [-0.3, -0.25) is 9.48 Å². The number of amides is 1. The summed E-state index contributed by atoms with van der Waals surface area (Å²) in [7, 11) is 4.05. The summed E-state index contributed by atoms with van der Waals surface area (Å²) in [6, 6.07) is 8.20. The molecule has 138 valence electrons. The van der Waals surface area contributed by atoms with Crippen LogP contribution < -0.4 is 5.32 Å². The molecule has 6 nitrogen and oxygen atoms in total. The van der Waals surface area contributed by atoms with Gasteiger partial charge in [0.1, 0.15) is 5.82 Å². The summed E-state index contributed by atoms with van der Waals surface area (Å²) in [6.45, 7) is 2.25. The molecule has 0 radical (unpaired) electrons. The van der Waals surface area contributed by atoms with Crippen LogP contribution in [0.4, 0.5) is 5.82 Å². The fourth-order valence-corrected chi connectivity index (χ4v) is 4.72. The molecule has 0 bridgehead atoms. The zero-order valence-corrected chi connectivity index (χ0v) is 15.6. The third-order valence-electron chi connectivity index (χ3n) is 5.95. The van der Waals surface area contributed by atoms with Crippen LogP contribution in [-0.2, 0) is 11.8 Å². The summed E-state index contributed by atoms with van der Waals surface area (Å²) in [5, 5.41) is 9.37. The molecule has 1 aromatic carbocycles. The maximum atomic E-state index is 12.6. The third kappa shape index (κ3) is 2.90. The number of nitrogens with one attached hydrogen (secondary N) is 1. The Labute approximate surface area is 158 Å². The molecule has 27 heavy (non-hydrogen) atoms. The van der Waals surface area contributed by atoms with Crippen molar-refractivity contribution in [2.75, 3.05) is 25.5 Å². The fraction of sp³-hybridized carbons (Fsp3) is 0.381. The lowest BCUT2D eigenvalue weighted by Crippen LogP contribution is -2.62. The van der Waals surface area contributed by atoms with Crippen LogP contribution in [0.15, 0.2) is 42.9 Å². The van der Waals surface area contributed by atoms with E-state index in [0.717, 1.165) is 47.8 Å². The van der Waals surface area contributed by atoms with Gasteiger partial charge in [0.15, 0.2) is 0 Å². The van der Waals surface area contributed by atoms with Crippen LogP contribution in [0.3, 0.4) is 0 Å². The molecule has 5 rings (SSSR count). The Morgan fingerprint density at radius 1 is 1.11 bits per heavy atom. The van der Waals surface area contributed by atoms with E-state index in [1.165, 1.54) is 0 Å². The molecule has 3 aromatic rings. The van der Waals surface area contributed by atoms with Gasteiger partial charge in [-0.25, -0.2) is 4.98 Å². The minimum Gasteiger partial charge on any atom is -0.310 e. The Morgan fingerprint density at radius 3 is 2.63 bits per heavy atom. The van der Waals surface area contributed by atoms with Crippen LogP contribution in [-0.4, -0.2) is 45.7 Å². The number of pyridine rings is 1. The number of rotatable bonds is 3. The van der Waals surface area contributed by atoms with Crippen molar-refractivity contribution in [3.63, 3.8) is 0 Å². The molecule has 0 atom stereocenters. The van der Waals surface area contributed by atoms with E-state index in [4.69, 9.17) is 0 Å². The molecular formula is C21H23N5O. The Balaban J connectivity index is 1.32. The van der Waals surface area contributed by atoms with Gasteiger partial charge in [-0.1, -0.05) is 12.1 Å². The summed E-state index contributed by atoms with van der Waals surface area (Å²) >= 11 is 0. The number of anilines is 1. The molecule has 1 aliphatic heterocycles. The van der Waals surface area contributed by atoms with Crippen molar-refractivity contribution >= 4 is 22.5 Å². The summed E-state index contributed by atoms with van der Waals surface area (Å²) < 4.78 is 1.79. The highest BCUT2D eigenvalue weighted by molar-refractivity contribution is 5.95. The molecule has 1 spiro atoms. The van der Waals surface area contributed by atoms with Crippen LogP contribution >= 0.6 is 0 Å². The largest absolute Gasteiger partial charge is 0.310 e. The molecule has 1 saturated carbocycles. The Kier molecular flexibility index (Phi) is 3.59. The first-order valence-electron chi connectivity index (χ1n) is 9.38. The molecule has 3 heterocycles. The van der Waals surface area contributed by atoms with E-state index >= 15 is 0 Å². The van der Waals surface area contributed by atoms with E-state index < -0.39 is 0 Å². The SMILES string of the molecule is CN1CC2(CC(C(=O)Nc3cc4cc(-c5cnn(C)c5)ccc4cn3)C2)C1. The standard InChI is InChI=1S/C21H23N5O/c1-25-12-21(13-25)7-17(8-21)20(27)24-19-6-16-5-14(3-4-15(16)9-22-19)18-10-23-26(2)11-18/h3-6,9-11,17H,7-8,12-13H2,1-2H3,(H,22,24,27). The quantitative estimate of drug-likeness (QED) is 0.779. The van der Waals surface area contributed by atoms with Gasteiger partial charge in [0.25, 0.3) is 0 Å². The average Bonchev–Trinajstić information content (AvgIpc) is 3.02. The molecule has 2 aliphatic rings. The first-order chi connectivity index (χ1) is 13.0. The van der Waals surface area contributed by atoms with Gasteiger partial charge in [-0.15, -0.1) is 0 Å². The number of carbonyl (C=O) groups excluding carboxylic acids is 1. The Hall–Kier alpha value is -2.73. The number of fused-ring (bicyclic) bond motifs is 1. The first-order valence-corrected chi connectivity index (χ1v) is 9.38. The molecule has 6 heteroatoms. The zero-order chi connectivity index (χ0) is 18.6. The van der Waals surface area contributed by atoms with Crippen molar-refractivity contribution in [1.29, 1.82) is 0 Å². The number of likely N-dealkylation sites (tertiary alicyclic amines) is 1. The second-order valence-electron chi connectivity index (χ2n) is 8.30. The van der Waals surface area contributed by atoms with Gasteiger partial charge < -0.3 is 10.2 Å². The lowest BCUT2D eigenvalue weighted by Gasteiger charge is -2.57. The minimum atomic E-state index is 0.102. The summed E-state index contributed by atoms with van der Waals surface area (Å²) in [5.41, 5.74) is 2.59. The van der Waals surface area contributed by atoms with Crippen molar-refractivity contribution in [1.82, 2.24) is 19.7 Å². The van der Waals surface area contributed by atoms with Crippen LogP contribution in [0.1, 0.15) is 12.8 Å². The smallest absolute Gasteiger partial charge is 0.228 e. The Bertz CT molecular complexity index is 1030. The molecule has 2 fully saturated rings. The highest BCUT2D eigenvalue weighted by Gasteiger charge is 2.53. The molecule has 0 unspecified atom stereocenters. The number of hydrogen-bond donors (Lipinski definition) is 1. The van der Waals surface area contributed by atoms with Crippen molar-refractivity contribution in [3.05, 3.63) is 42.9 Å². The predicted molar refractivity (Wildman–Crippen MR) is 105 cm³/mol. The van der Waals surface area contributed by atoms with E-state index in [0.29, 0.717) is 11.2 Å². The van der Waals surface area contributed by atoms with Gasteiger partial charge in [-0.2, -0.15) is 5.10 Å². The summed E-state index contributed by atoms with van der Waals surface area (Å²) in [5.74, 6) is 0.853. The van der Waals surface area contributed by atoms with Crippen LogP contribution in [0.25, 0.3) is 21.9 Å². The lowest BCUT2D eigenvalue weighted by atomic mass is 9.57. The van der Waals surface area contributed by atoms with Crippen molar-refractivity contribution in [3.8, 4) is 11.1 Å². The maximum Gasteiger partial charge on any atom is 0.228 e. The second kappa shape index (κ2) is 5.89. The van der Waals surface area contributed by atoms with Crippen molar-refractivity contribution < 1.29 is 4.79 Å². The number of benzene rings is 1. The van der Waals surface area contributed by atoms with Gasteiger partial charge >= 0.3 is 0 Å². The minimum absolute atomic E-state index is 0.102. The first kappa shape index (κ1) is 16.4. The highest BCUT2D eigenvalue weighted by Crippen LogP contribution is 2.51. The highest BCUT2D eigenvalue weighted by atomic mass is 16.2. The number of nitrogens with zero attached hydrogens (tertiary/aromatic N) is 4. The summed E-state index contributed by atoms with van der Waals surface area (Å²) in [4.78, 5) is 19.3. The maximum absolute atomic E-state index is 12.6. The van der Waals surface area contributed by atoms with E-state index in [-0.39, 0.29) is 11.8 Å². The van der Waals surface area contributed by atoms with Gasteiger partial charge in [0.05, 0.1) is 6.20 Å². The van der Waals surface area contributed by atoms with Gasteiger partial charge in [0.2, 0.25) is 5.91 Å². The molecule has 1 saturated heterocycles. The average molecular weight is 361 g/mol. The monoisotopic (exact) mass is 361 g/mol. The van der Waals surface area contributed by atoms with Crippen molar-refractivity contribution in [2.45, 2.75) is 12.8 Å². The molecule has 1 amide bonds. The van der Waals surface area contributed by atoms with Gasteiger partial charge in [-0.05, 0) is 48.4 Å². The zero-order valence-electron chi connectivity index (χ0n) is 15.6. The lowest BCUT2D eigenvalue weighted by molar-refractivity contribution is -0.137. The Morgan fingerprint density at radius 2 is 1.93 bits per heavy atom.